The molecule has 1 aromatic carbocycles. The number of benzene rings is 1. The van der Waals surface area contributed by atoms with Crippen molar-refractivity contribution in [1.82, 2.24) is 20.2 Å². The van der Waals surface area contributed by atoms with Gasteiger partial charge in [0.1, 0.15) is 5.82 Å². The molecular formula is C14H18FN5. The highest BCUT2D eigenvalue weighted by atomic mass is 19.1. The third kappa shape index (κ3) is 2.50. The van der Waals surface area contributed by atoms with Gasteiger partial charge in [0.25, 0.3) is 0 Å². The lowest BCUT2D eigenvalue weighted by molar-refractivity contribution is 0.412. The maximum absolute atomic E-state index is 14.0. The molecule has 1 aliphatic rings. The molecule has 1 aliphatic carbocycles. The molecule has 0 bridgehead atoms. The summed E-state index contributed by atoms with van der Waals surface area (Å²) in [6.07, 6.45) is 3.62. The van der Waals surface area contributed by atoms with E-state index in [0.29, 0.717) is 23.0 Å². The maximum Gasteiger partial charge on any atom is 0.184 e. The predicted molar refractivity (Wildman–Crippen MR) is 74.1 cm³/mol. The fraction of sp³-hybridized carbons (Fsp3) is 0.500. The molecule has 106 valence electrons. The molecule has 2 N–H and O–H groups in total. The van der Waals surface area contributed by atoms with Gasteiger partial charge < -0.3 is 5.73 Å². The van der Waals surface area contributed by atoms with Crippen LogP contribution in [0.5, 0.6) is 0 Å². The average molecular weight is 275 g/mol. The number of hydrogen-bond acceptors (Lipinski definition) is 4. The van der Waals surface area contributed by atoms with Crippen molar-refractivity contribution < 1.29 is 4.39 Å². The van der Waals surface area contributed by atoms with E-state index in [1.165, 1.54) is 25.3 Å². The van der Waals surface area contributed by atoms with Crippen molar-refractivity contribution in [3.05, 3.63) is 24.0 Å². The van der Waals surface area contributed by atoms with Crippen LogP contribution in [0.3, 0.4) is 0 Å². The fourth-order valence-corrected chi connectivity index (χ4v) is 2.97. The molecule has 0 saturated heterocycles. The lowest BCUT2D eigenvalue weighted by Gasteiger charge is -2.11. The Kier molecular flexibility index (Phi) is 3.38. The van der Waals surface area contributed by atoms with Gasteiger partial charge in [-0.2, -0.15) is 0 Å². The van der Waals surface area contributed by atoms with Crippen molar-refractivity contribution in [2.75, 3.05) is 5.73 Å². The van der Waals surface area contributed by atoms with Crippen LogP contribution in [0, 0.1) is 17.7 Å². The van der Waals surface area contributed by atoms with Crippen LogP contribution in [-0.4, -0.2) is 20.2 Å². The summed E-state index contributed by atoms with van der Waals surface area (Å²) in [7, 11) is 0. The Balaban J connectivity index is 1.86. The molecule has 0 aliphatic heterocycles. The summed E-state index contributed by atoms with van der Waals surface area (Å²) in [4.78, 5) is 0. The predicted octanol–water partition coefficient (Wildman–Crippen LogP) is 2.50. The number of nitrogens with two attached hydrogens (primary N) is 1. The first-order chi connectivity index (χ1) is 9.63. The van der Waals surface area contributed by atoms with E-state index >= 15 is 0 Å². The SMILES string of the molecule is CC1CCC(Cn2nnnc2-c2ccc(N)cc2F)C1. The molecule has 3 rings (SSSR count). The van der Waals surface area contributed by atoms with Crippen LogP contribution in [0.4, 0.5) is 10.1 Å². The van der Waals surface area contributed by atoms with Gasteiger partial charge in [-0.1, -0.05) is 13.3 Å². The number of nitrogen functional groups attached to an aromatic ring is 1. The lowest BCUT2D eigenvalue weighted by atomic mass is 10.1. The number of tetrazole rings is 1. The van der Waals surface area contributed by atoms with Gasteiger partial charge in [0.05, 0.1) is 5.56 Å². The summed E-state index contributed by atoms with van der Waals surface area (Å²) >= 11 is 0. The van der Waals surface area contributed by atoms with Crippen LogP contribution in [0.1, 0.15) is 26.2 Å². The molecule has 20 heavy (non-hydrogen) atoms. The highest BCUT2D eigenvalue weighted by molar-refractivity contribution is 5.59. The minimum Gasteiger partial charge on any atom is -0.399 e. The minimum atomic E-state index is -0.388. The molecular weight excluding hydrogens is 257 g/mol. The number of halogens is 1. The number of hydrogen-bond donors (Lipinski definition) is 1. The Morgan fingerprint density at radius 3 is 2.95 bits per heavy atom. The summed E-state index contributed by atoms with van der Waals surface area (Å²) in [6, 6.07) is 4.59. The van der Waals surface area contributed by atoms with Crippen LogP contribution in [0.2, 0.25) is 0 Å². The summed E-state index contributed by atoms with van der Waals surface area (Å²) in [5, 5.41) is 11.6. The number of anilines is 1. The Hall–Kier alpha value is -1.98. The monoisotopic (exact) mass is 275 g/mol. The molecule has 1 aromatic heterocycles. The number of nitrogens with zero attached hydrogens (tertiary/aromatic N) is 4. The second kappa shape index (κ2) is 5.19. The van der Waals surface area contributed by atoms with Crippen molar-refractivity contribution in [2.45, 2.75) is 32.7 Å². The van der Waals surface area contributed by atoms with Crippen molar-refractivity contribution in [1.29, 1.82) is 0 Å². The van der Waals surface area contributed by atoms with E-state index in [2.05, 4.69) is 22.4 Å². The molecule has 2 atom stereocenters. The third-order valence-corrected chi connectivity index (χ3v) is 4.00. The van der Waals surface area contributed by atoms with E-state index in [9.17, 15) is 4.39 Å². The Bertz CT molecular complexity index is 609. The summed E-state index contributed by atoms with van der Waals surface area (Å²) < 4.78 is 15.7. The molecule has 2 unspecified atom stereocenters. The Morgan fingerprint density at radius 2 is 2.25 bits per heavy atom. The largest absolute Gasteiger partial charge is 0.399 e. The van der Waals surface area contributed by atoms with Crippen molar-refractivity contribution >= 4 is 5.69 Å². The van der Waals surface area contributed by atoms with Crippen LogP contribution in [0.15, 0.2) is 18.2 Å². The standard InChI is InChI=1S/C14H18FN5/c1-9-2-3-10(6-9)8-20-14(17-18-19-20)12-5-4-11(16)7-13(12)15/h4-5,7,9-10H,2-3,6,8,16H2,1H3. The van der Waals surface area contributed by atoms with Gasteiger partial charge in [0, 0.05) is 12.2 Å². The molecule has 1 saturated carbocycles. The summed E-state index contributed by atoms with van der Waals surface area (Å²) in [6.45, 7) is 3.01. The normalized spacial score (nSPS) is 22.3. The lowest BCUT2D eigenvalue weighted by Crippen LogP contribution is -2.11. The van der Waals surface area contributed by atoms with Crippen LogP contribution in [-0.2, 0) is 6.54 Å². The van der Waals surface area contributed by atoms with E-state index in [1.807, 2.05) is 0 Å². The third-order valence-electron chi connectivity index (χ3n) is 4.00. The van der Waals surface area contributed by atoms with Gasteiger partial charge >= 0.3 is 0 Å². The van der Waals surface area contributed by atoms with Crippen molar-refractivity contribution in [3.63, 3.8) is 0 Å². The zero-order valence-corrected chi connectivity index (χ0v) is 11.5. The number of rotatable bonds is 3. The van der Waals surface area contributed by atoms with E-state index in [-0.39, 0.29) is 5.82 Å². The van der Waals surface area contributed by atoms with Crippen molar-refractivity contribution in [3.8, 4) is 11.4 Å². The van der Waals surface area contributed by atoms with Crippen LogP contribution >= 0.6 is 0 Å². The smallest absolute Gasteiger partial charge is 0.184 e. The van der Waals surface area contributed by atoms with Gasteiger partial charge in [-0.05, 0) is 53.3 Å². The number of aromatic nitrogens is 4. The van der Waals surface area contributed by atoms with Crippen molar-refractivity contribution in [2.24, 2.45) is 11.8 Å². The summed E-state index contributed by atoms with van der Waals surface area (Å²) in [5.41, 5.74) is 6.36. The van der Waals surface area contributed by atoms with Gasteiger partial charge in [0.15, 0.2) is 5.82 Å². The molecule has 0 radical (unpaired) electrons. The zero-order chi connectivity index (χ0) is 14.1. The molecule has 1 heterocycles. The highest BCUT2D eigenvalue weighted by Gasteiger charge is 2.24. The highest BCUT2D eigenvalue weighted by Crippen LogP contribution is 2.32. The first-order valence-corrected chi connectivity index (χ1v) is 6.95. The first kappa shape index (κ1) is 13.0. The van der Waals surface area contributed by atoms with Gasteiger partial charge in [0.2, 0.25) is 0 Å². The molecule has 0 spiro atoms. The van der Waals surface area contributed by atoms with Crippen LogP contribution < -0.4 is 5.73 Å². The topological polar surface area (TPSA) is 69.6 Å². The van der Waals surface area contributed by atoms with Gasteiger partial charge in [-0.3, -0.25) is 0 Å². The van der Waals surface area contributed by atoms with E-state index in [0.717, 1.165) is 12.5 Å². The van der Waals surface area contributed by atoms with E-state index in [1.54, 1.807) is 16.8 Å². The second-order valence-corrected chi connectivity index (χ2v) is 5.71. The average Bonchev–Trinajstić information content (AvgIpc) is 3.00. The molecule has 6 heteroatoms. The molecule has 5 nitrogen and oxygen atoms in total. The van der Waals surface area contributed by atoms with Crippen LogP contribution in [0.25, 0.3) is 11.4 Å². The van der Waals surface area contributed by atoms with Gasteiger partial charge in [-0.15, -0.1) is 5.10 Å². The fourth-order valence-electron chi connectivity index (χ4n) is 2.97. The maximum atomic E-state index is 14.0. The molecule has 0 amide bonds. The minimum absolute atomic E-state index is 0.388. The van der Waals surface area contributed by atoms with Gasteiger partial charge in [-0.25, -0.2) is 9.07 Å². The Morgan fingerprint density at radius 1 is 1.40 bits per heavy atom. The molecule has 2 aromatic rings. The Labute approximate surface area is 117 Å². The summed E-state index contributed by atoms with van der Waals surface area (Å²) in [5.74, 6) is 1.42. The van der Waals surface area contributed by atoms with E-state index in [4.69, 9.17) is 5.73 Å². The second-order valence-electron chi connectivity index (χ2n) is 5.71. The molecule has 1 fully saturated rings. The quantitative estimate of drug-likeness (QED) is 0.874. The van der Waals surface area contributed by atoms with E-state index < -0.39 is 0 Å². The zero-order valence-electron chi connectivity index (χ0n) is 11.5. The first-order valence-electron chi connectivity index (χ1n) is 6.95.